The molecule has 1 fully saturated rings. The second-order valence-corrected chi connectivity index (χ2v) is 5.36. The number of aliphatic hydroxyl groups excluding tert-OH is 1. The Bertz CT molecular complexity index is 244. The van der Waals surface area contributed by atoms with Crippen molar-refractivity contribution < 1.29 is 9.90 Å². The molecule has 1 amide bonds. The Balaban J connectivity index is 2.21. The molecule has 1 aliphatic rings. The fourth-order valence-electron chi connectivity index (χ4n) is 2.40. The van der Waals surface area contributed by atoms with Crippen molar-refractivity contribution in [2.75, 3.05) is 26.7 Å². The van der Waals surface area contributed by atoms with Gasteiger partial charge in [-0.25, -0.2) is 0 Å². The lowest BCUT2D eigenvalue weighted by atomic mass is 9.97. The standard InChI is InChI=1S/C13H26N2O2/c1-10(2)15(3)13(17)8-14-7-11-5-4-6-12(11)9-16/h10-12,14,16H,4-9H2,1-3H3. The van der Waals surface area contributed by atoms with E-state index in [1.807, 2.05) is 20.9 Å². The van der Waals surface area contributed by atoms with Crippen molar-refractivity contribution in [2.24, 2.45) is 11.8 Å². The van der Waals surface area contributed by atoms with Crippen molar-refractivity contribution in [3.8, 4) is 0 Å². The highest BCUT2D eigenvalue weighted by molar-refractivity contribution is 5.78. The van der Waals surface area contributed by atoms with Crippen molar-refractivity contribution in [3.63, 3.8) is 0 Å². The number of nitrogens with zero attached hydrogens (tertiary/aromatic N) is 1. The molecule has 0 aliphatic heterocycles. The predicted octanol–water partition coefficient (Wildman–Crippen LogP) is 0.851. The van der Waals surface area contributed by atoms with E-state index < -0.39 is 0 Å². The normalized spacial score (nSPS) is 24.3. The minimum Gasteiger partial charge on any atom is -0.396 e. The zero-order chi connectivity index (χ0) is 12.8. The maximum atomic E-state index is 11.7. The number of amides is 1. The fraction of sp³-hybridized carbons (Fsp3) is 0.923. The first-order chi connectivity index (χ1) is 8.06. The number of rotatable bonds is 6. The summed E-state index contributed by atoms with van der Waals surface area (Å²) in [6.07, 6.45) is 3.51. The third-order valence-corrected chi connectivity index (χ3v) is 3.90. The summed E-state index contributed by atoms with van der Waals surface area (Å²) in [6, 6.07) is 0.251. The molecule has 0 bridgehead atoms. The second-order valence-electron chi connectivity index (χ2n) is 5.36. The van der Waals surface area contributed by atoms with Crippen LogP contribution in [0.15, 0.2) is 0 Å². The predicted molar refractivity (Wildman–Crippen MR) is 68.7 cm³/mol. The molecule has 0 aromatic heterocycles. The molecule has 0 aromatic carbocycles. The first-order valence-corrected chi connectivity index (χ1v) is 6.63. The van der Waals surface area contributed by atoms with E-state index in [1.54, 1.807) is 4.90 Å². The maximum Gasteiger partial charge on any atom is 0.236 e. The first kappa shape index (κ1) is 14.5. The van der Waals surface area contributed by atoms with E-state index in [4.69, 9.17) is 0 Å². The van der Waals surface area contributed by atoms with Crippen molar-refractivity contribution in [2.45, 2.75) is 39.2 Å². The van der Waals surface area contributed by atoms with Gasteiger partial charge in [-0.1, -0.05) is 6.42 Å². The van der Waals surface area contributed by atoms with Gasteiger partial charge in [-0.2, -0.15) is 0 Å². The summed E-state index contributed by atoms with van der Waals surface area (Å²) >= 11 is 0. The van der Waals surface area contributed by atoms with Crippen LogP contribution in [0.3, 0.4) is 0 Å². The fourth-order valence-corrected chi connectivity index (χ4v) is 2.40. The number of carbonyl (C=O) groups excluding carboxylic acids is 1. The van der Waals surface area contributed by atoms with Gasteiger partial charge in [0.1, 0.15) is 0 Å². The lowest BCUT2D eigenvalue weighted by Crippen LogP contribution is -2.41. The van der Waals surface area contributed by atoms with Gasteiger partial charge in [-0.3, -0.25) is 4.79 Å². The minimum atomic E-state index is 0.138. The largest absolute Gasteiger partial charge is 0.396 e. The minimum absolute atomic E-state index is 0.138. The van der Waals surface area contributed by atoms with E-state index in [0.717, 1.165) is 13.0 Å². The second kappa shape index (κ2) is 6.97. The van der Waals surface area contributed by atoms with E-state index in [1.165, 1.54) is 12.8 Å². The Morgan fingerprint density at radius 2 is 2.06 bits per heavy atom. The average Bonchev–Trinajstić information content (AvgIpc) is 2.75. The molecule has 0 radical (unpaired) electrons. The Morgan fingerprint density at radius 3 is 2.65 bits per heavy atom. The molecule has 2 N–H and O–H groups in total. The Hall–Kier alpha value is -0.610. The SMILES string of the molecule is CC(C)N(C)C(=O)CNCC1CCCC1CO. The highest BCUT2D eigenvalue weighted by Crippen LogP contribution is 2.30. The van der Waals surface area contributed by atoms with Gasteiger partial charge in [-0.15, -0.1) is 0 Å². The van der Waals surface area contributed by atoms with Crippen LogP contribution in [0.2, 0.25) is 0 Å². The summed E-state index contributed by atoms with van der Waals surface area (Å²) in [5.41, 5.74) is 0. The summed E-state index contributed by atoms with van der Waals surface area (Å²) in [5, 5.41) is 12.4. The molecule has 2 atom stereocenters. The summed E-state index contributed by atoms with van der Waals surface area (Å²) in [7, 11) is 1.83. The van der Waals surface area contributed by atoms with Crippen molar-refractivity contribution in [3.05, 3.63) is 0 Å². The van der Waals surface area contributed by atoms with Crippen LogP contribution in [-0.4, -0.2) is 48.7 Å². The van der Waals surface area contributed by atoms with Gasteiger partial charge in [0.25, 0.3) is 0 Å². The third kappa shape index (κ3) is 4.28. The molecule has 1 saturated carbocycles. The smallest absolute Gasteiger partial charge is 0.236 e. The zero-order valence-corrected chi connectivity index (χ0v) is 11.3. The lowest BCUT2D eigenvalue weighted by molar-refractivity contribution is -0.130. The Labute approximate surface area is 104 Å². The Morgan fingerprint density at radius 1 is 1.41 bits per heavy atom. The van der Waals surface area contributed by atoms with E-state index in [0.29, 0.717) is 18.4 Å². The monoisotopic (exact) mass is 242 g/mol. The zero-order valence-electron chi connectivity index (χ0n) is 11.3. The van der Waals surface area contributed by atoms with Crippen molar-refractivity contribution in [1.29, 1.82) is 0 Å². The number of nitrogens with one attached hydrogen (secondary N) is 1. The van der Waals surface area contributed by atoms with Crippen LogP contribution < -0.4 is 5.32 Å². The van der Waals surface area contributed by atoms with Crippen molar-refractivity contribution in [1.82, 2.24) is 10.2 Å². The van der Waals surface area contributed by atoms with E-state index in [-0.39, 0.29) is 18.6 Å². The number of carbonyl (C=O) groups is 1. The number of aliphatic hydroxyl groups is 1. The highest BCUT2D eigenvalue weighted by Gasteiger charge is 2.26. The van der Waals surface area contributed by atoms with Crippen LogP contribution in [0.1, 0.15) is 33.1 Å². The maximum absolute atomic E-state index is 11.7. The van der Waals surface area contributed by atoms with Gasteiger partial charge < -0.3 is 15.3 Å². The van der Waals surface area contributed by atoms with Crippen LogP contribution >= 0.6 is 0 Å². The lowest BCUT2D eigenvalue weighted by Gasteiger charge is -2.23. The number of likely N-dealkylation sites (N-methyl/N-ethyl adjacent to an activating group) is 1. The van der Waals surface area contributed by atoms with E-state index >= 15 is 0 Å². The molecular weight excluding hydrogens is 216 g/mol. The van der Waals surface area contributed by atoms with Crippen LogP contribution in [0, 0.1) is 11.8 Å². The Kier molecular flexibility index (Phi) is 5.92. The molecule has 4 heteroatoms. The summed E-state index contributed by atoms with van der Waals surface area (Å²) < 4.78 is 0. The van der Waals surface area contributed by atoms with Gasteiger partial charge in [0.05, 0.1) is 6.54 Å². The van der Waals surface area contributed by atoms with E-state index in [2.05, 4.69) is 5.32 Å². The molecule has 0 heterocycles. The van der Waals surface area contributed by atoms with Crippen molar-refractivity contribution >= 4 is 5.91 Å². The van der Waals surface area contributed by atoms with Gasteiger partial charge in [0.2, 0.25) is 5.91 Å². The molecular formula is C13H26N2O2. The molecule has 1 aliphatic carbocycles. The van der Waals surface area contributed by atoms with Crippen LogP contribution in [0.4, 0.5) is 0 Å². The van der Waals surface area contributed by atoms with Gasteiger partial charge in [-0.05, 0) is 45.1 Å². The molecule has 2 unspecified atom stereocenters. The molecule has 100 valence electrons. The van der Waals surface area contributed by atoms with E-state index in [9.17, 15) is 9.90 Å². The molecule has 4 nitrogen and oxygen atoms in total. The average molecular weight is 242 g/mol. The quantitative estimate of drug-likeness (QED) is 0.726. The molecule has 0 saturated heterocycles. The molecule has 17 heavy (non-hydrogen) atoms. The van der Waals surface area contributed by atoms with Crippen LogP contribution in [0.25, 0.3) is 0 Å². The number of hydrogen-bond donors (Lipinski definition) is 2. The topological polar surface area (TPSA) is 52.6 Å². The van der Waals surface area contributed by atoms with Gasteiger partial charge in [0, 0.05) is 19.7 Å². The molecule has 0 spiro atoms. The summed E-state index contributed by atoms with van der Waals surface area (Å²) in [4.78, 5) is 13.5. The third-order valence-electron chi connectivity index (χ3n) is 3.90. The number of hydrogen-bond acceptors (Lipinski definition) is 3. The van der Waals surface area contributed by atoms with Gasteiger partial charge >= 0.3 is 0 Å². The highest BCUT2D eigenvalue weighted by atomic mass is 16.3. The van der Waals surface area contributed by atoms with Crippen LogP contribution in [-0.2, 0) is 4.79 Å². The molecule has 1 rings (SSSR count). The summed E-state index contributed by atoms with van der Waals surface area (Å²) in [6.45, 7) is 5.56. The summed E-state index contributed by atoms with van der Waals surface area (Å²) in [5.74, 6) is 1.11. The van der Waals surface area contributed by atoms with Gasteiger partial charge in [0.15, 0.2) is 0 Å². The van der Waals surface area contributed by atoms with Crippen LogP contribution in [0.5, 0.6) is 0 Å². The molecule has 0 aromatic rings. The first-order valence-electron chi connectivity index (χ1n) is 6.63.